The van der Waals surface area contributed by atoms with Gasteiger partial charge in [-0.15, -0.1) is 11.3 Å². The van der Waals surface area contributed by atoms with Gasteiger partial charge in [0.2, 0.25) is 5.91 Å². The maximum atomic E-state index is 12.2. The van der Waals surface area contributed by atoms with E-state index in [0.29, 0.717) is 18.9 Å². The number of anilines is 1. The number of aromatic nitrogens is 3. The predicted molar refractivity (Wildman–Crippen MR) is 124 cm³/mol. The zero-order chi connectivity index (χ0) is 22.4. The molecule has 0 spiro atoms. The second kappa shape index (κ2) is 7.80. The van der Waals surface area contributed by atoms with Gasteiger partial charge in [0.25, 0.3) is 0 Å². The lowest BCUT2D eigenvalue weighted by Gasteiger charge is -2.14. The number of rotatable bonds is 4. The fourth-order valence-electron chi connectivity index (χ4n) is 4.53. The number of thiophene rings is 1. The van der Waals surface area contributed by atoms with E-state index in [1.807, 2.05) is 16.7 Å². The smallest absolute Gasteiger partial charge is 0.236 e. The van der Waals surface area contributed by atoms with Crippen LogP contribution in [0.5, 0.6) is 5.75 Å². The van der Waals surface area contributed by atoms with Gasteiger partial charge in [0.1, 0.15) is 24.0 Å². The van der Waals surface area contributed by atoms with Crippen LogP contribution in [-0.2, 0) is 4.79 Å². The molecule has 1 aliphatic rings. The number of carbonyl (C=O) groups excluding carboxylic acids is 1. The maximum absolute atomic E-state index is 12.2. The van der Waals surface area contributed by atoms with Gasteiger partial charge >= 0.3 is 0 Å². The van der Waals surface area contributed by atoms with Gasteiger partial charge in [-0.1, -0.05) is 6.07 Å². The lowest BCUT2D eigenvalue weighted by Crippen LogP contribution is -2.27. The number of benzene rings is 1. The number of hydrogen-bond acceptors (Lipinski definition) is 7. The third kappa shape index (κ3) is 3.24. The highest BCUT2D eigenvalue weighted by Crippen LogP contribution is 2.43. The van der Waals surface area contributed by atoms with Crippen LogP contribution >= 0.6 is 11.3 Å². The molecule has 32 heavy (non-hydrogen) atoms. The molecule has 1 fully saturated rings. The Morgan fingerprint density at radius 3 is 3.00 bits per heavy atom. The number of ether oxygens (including phenoxy) is 1. The van der Waals surface area contributed by atoms with Crippen molar-refractivity contribution in [2.24, 2.45) is 0 Å². The van der Waals surface area contributed by atoms with E-state index in [0.717, 1.165) is 49.5 Å². The predicted octanol–water partition coefficient (Wildman–Crippen LogP) is 3.74. The number of hydrogen-bond donors (Lipinski definition) is 1. The van der Waals surface area contributed by atoms with Crippen molar-refractivity contribution in [2.75, 3.05) is 25.9 Å². The van der Waals surface area contributed by atoms with Gasteiger partial charge in [-0.25, -0.2) is 9.50 Å². The fraction of sp³-hybridized carbons (Fsp3) is 0.304. The van der Waals surface area contributed by atoms with Gasteiger partial charge in [-0.2, -0.15) is 10.4 Å². The summed E-state index contributed by atoms with van der Waals surface area (Å²) in [7, 11) is 1.69. The van der Waals surface area contributed by atoms with Crippen molar-refractivity contribution >= 4 is 38.7 Å². The summed E-state index contributed by atoms with van der Waals surface area (Å²) >= 11 is 1.65. The summed E-state index contributed by atoms with van der Waals surface area (Å²) < 4.78 is 8.54. The second-order valence-electron chi connectivity index (χ2n) is 8.04. The summed E-state index contributed by atoms with van der Waals surface area (Å²) in [5.41, 5.74) is 10.2. The first-order valence-corrected chi connectivity index (χ1v) is 11.2. The zero-order valence-electron chi connectivity index (χ0n) is 17.8. The Bertz CT molecular complexity index is 1400. The molecule has 0 radical (unpaired) electrons. The summed E-state index contributed by atoms with van der Waals surface area (Å²) in [6.07, 6.45) is 2.18. The topological polar surface area (TPSA) is 110 Å². The van der Waals surface area contributed by atoms with E-state index in [9.17, 15) is 4.79 Å². The molecule has 4 aromatic rings. The Kier molecular flexibility index (Phi) is 4.94. The van der Waals surface area contributed by atoms with Crippen LogP contribution in [0.3, 0.4) is 0 Å². The molecular weight excluding hydrogens is 424 g/mol. The van der Waals surface area contributed by atoms with Gasteiger partial charge in [-0.3, -0.25) is 4.79 Å². The van der Waals surface area contributed by atoms with Crippen molar-refractivity contribution in [1.82, 2.24) is 19.5 Å². The van der Waals surface area contributed by atoms with Gasteiger partial charge in [0, 0.05) is 35.1 Å². The molecule has 1 aliphatic heterocycles. The quantitative estimate of drug-likeness (QED) is 0.511. The Balaban J connectivity index is 1.62. The van der Waals surface area contributed by atoms with E-state index in [1.54, 1.807) is 23.3 Å². The molecular formula is C23H22N6O2S. The number of nitriles is 1. The standard InChI is InChI=1S/C23H22N6O2S/c1-13-7-15-9-19(32-22(15)18(8-13)31-2)16-10-17(29-21(16)23(25)26-12-27-29)14-4-6-28(11-14)20(30)3-5-24/h7-10,12,14H,3-4,6,11H2,1-2H3,(H2,25,26,27). The molecule has 3 aromatic heterocycles. The molecule has 162 valence electrons. The van der Waals surface area contributed by atoms with Crippen LogP contribution in [0.4, 0.5) is 5.82 Å². The average molecular weight is 447 g/mol. The fourth-order valence-corrected chi connectivity index (χ4v) is 5.68. The van der Waals surface area contributed by atoms with Gasteiger partial charge in [0.05, 0.1) is 17.9 Å². The molecule has 1 amide bonds. The number of nitrogens with zero attached hydrogens (tertiary/aromatic N) is 5. The third-order valence-electron chi connectivity index (χ3n) is 6.01. The Labute approximate surface area is 188 Å². The minimum absolute atomic E-state index is 0.0922. The average Bonchev–Trinajstić information content (AvgIpc) is 3.49. The highest BCUT2D eigenvalue weighted by atomic mass is 32.1. The van der Waals surface area contributed by atoms with Crippen LogP contribution in [0.15, 0.2) is 30.6 Å². The van der Waals surface area contributed by atoms with Crippen LogP contribution in [0, 0.1) is 18.3 Å². The summed E-state index contributed by atoms with van der Waals surface area (Å²) in [5, 5.41) is 14.5. The van der Waals surface area contributed by atoms with Gasteiger partial charge in [-0.05, 0) is 42.5 Å². The minimum atomic E-state index is -0.128. The van der Waals surface area contributed by atoms with E-state index in [4.69, 9.17) is 15.7 Å². The van der Waals surface area contributed by atoms with E-state index in [-0.39, 0.29) is 18.2 Å². The van der Waals surface area contributed by atoms with E-state index >= 15 is 0 Å². The molecule has 1 saturated heterocycles. The molecule has 8 nitrogen and oxygen atoms in total. The molecule has 4 heterocycles. The highest BCUT2D eigenvalue weighted by molar-refractivity contribution is 7.22. The minimum Gasteiger partial charge on any atom is -0.495 e. The summed E-state index contributed by atoms with van der Waals surface area (Å²) in [6.45, 7) is 3.25. The second-order valence-corrected chi connectivity index (χ2v) is 9.10. The van der Waals surface area contributed by atoms with Crippen molar-refractivity contribution in [3.63, 3.8) is 0 Å². The molecule has 5 rings (SSSR count). The molecule has 1 unspecified atom stereocenters. The first kappa shape index (κ1) is 20.3. The van der Waals surface area contributed by atoms with Crippen molar-refractivity contribution in [2.45, 2.75) is 25.7 Å². The van der Waals surface area contributed by atoms with Crippen molar-refractivity contribution in [1.29, 1.82) is 5.26 Å². The zero-order valence-corrected chi connectivity index (χ0v) is 18.6. The molecule has 0 aliphatic carbocycles. The first-order valence-electron chi connectivity index (χ1n) is 10.4. The lowest BCUT2D eigenvalue weighted by molar-refractivity contribution is -0.129. The van der Waals surface area contributed by atoms with Crippen molar-refractivity contribution < 1.29 is 9.53 Å². The number of nitrogens with two attached hydrogens (primary N) is 1. The first-order chi connectivity index (χ1) is 15.5. The molecule has 9 heteroatoms. The number of aryl methyl sites for hydroxylation is 1. The van der Waals surface area contributed by atoms with Crippen molar-refractivity contribution in [3.05, 3.63) is 41.9 Å². The Morgan fingerprint density at radius 2 is 2.22 bits per heavy atom. The number of methoxy groups -OCH3 is 1. The largest absolute Gasteiger partial charge is 0.495 e. The van der Waals surface area contributed by atoms with Crippen LogP contribution in [0.2, 0.25) is 0 Å². The molecule has 2 N–H and O–H groups in total. The number of nitrogen functional groups attached to an aromatic ring is 1. The summed E-state index contributed by atoms with van der Waals surface area (Å²) in [6, 6.07) is 10.4. The normalized spacial score (nSPS) is 16.0. The number of amides is 1. The van der Waals surface area contributed by atoms with E-state index < -0.39 is 0 Å². The Morgan fingerprint density at radius 1 is 1.38 bits per heavy atom. The summed E-state index contributed by atoms with van der Waals surface area (Å²) in [5.74, 6) is 1.25. The van der Waals surface area contributed by atoms with Crippen LogP contribution < -0.4 is 10.5 Å². The molecule has 1 atom stereocenters. The number of fused-ring (bicyclic) bond motifs is 2. The SMILES string of the molecule is COc1cc(C)cc2cc(-c3cc(C4CCN(C(=O)CC#N)C4)n4ncnc(N)c34)sc12. The monoisotopic (exact) mass is 446 g/mol. The molecule has 0 saturated carbocycles. The highest BCUT2D eigenvalue weighted by Gasteiger charge is 2.31. The van der Waals surface area contributed by atoms with Crippen LogP contribution in [-0.4, -0.2) is 45.6 Å². The van der Waals surface area contributed by atoms with E-state index in [1.165, 1.54) is 6.33 Å². The lowest BCUT2D eigenvalue weighted by atomic mass is 10.0. The molecule has 1 aromatic carbocycles. The number of likely N-dealkylation sites (tertiary alicyclic amines) is 1. The van der Waals surface area contributed by atoms with Gasteiger partial charge < -0.3 is 15.4 Å². The number of carbonyl (C=O) groups is 1. The van der Waals surface area contributed by atoms with Gasteiger partial charge in [0.15, 0.2) is 5.82 Å². The summed E-state index contributed by atoms with van der Waals surface area (Å²) in [4.78, 5) is 19.2. The molecule has 0 bridgehead atoms. The van der Waals surface area contributed by atoms with E-state index in [2.05, 4.69) is 35.2 Å². The van der Waals surface area contributed by atoms with Crippen LogP contribution in [0.25, 0.3) is 26.0 Å². The van der Waals surface area contributed by atoms with Crippen molar-refractivity contribution in [3.8, 4) is 22.3 Å². The third-order valence-corrected chi connectivity index (χ3v) is 7.21. The maximum Gasteiger partial charge on any atom is 0.236 e. The Hall–Kier alpha value is -3.64. The van der Waals surface area contributed by atoms with Crippen LogP contribution in [0.1, 0.15) is 30.0 Å².